The summed E-state index contributed by atoms with van der Waals surface area (Å²) in [5.41, 5.74) is 0.927. The maximum Gasteiger partial charge on any atom is 0.0759 e. The van der Waals surface area contributed by atoms with Gasteiger partial charge in [-0.3, -0.25) is 0 Å². The van der Waals surface area contributed by atoms with Crippen molar-refractivity contribution in [1.82, 2.24) is 0 Å². The molecule has 0 radical (unpaired) electrons. The van der Waals surface area contributed by atoms with Crippen LogP contribution in [0.1, 0.15) is 6.42 Å². The van der Waals surface area contributed by atoms with Crippen molar-refractivity contribution >= 4 is 46.1 Å². The zero-order valence-electron chi connectivity index (χ0n) is 5.20. The molecule has 0 saturated carbocycles. The molecule has 0 aromatic rings. The Morgan fingerprint density at radius 3 is 2.70 bits per heavy atom. The zero-order chi connectivity index (χ0) is 7.56. The first-order chi connectivity index (χ1) is 4.72. The Morgan fingerprint density at radius 2 is 2.30 bits per heavy atom. The Bertz CT molecular complexity index is 235. The number of hydrogen-bond donors (Lipinski definition) is 1. The lowest BCUT2D eigenvalue weighted by Crippen LogP contribution is -2.05. The summed E-state index contributed by atoms with van der Waals surface area (Å²) in [6.45, 7) is 0. The van der Waals surface area contributed by atoms with Gasteiger partial charge in [-0.1, -0.05) is 42.7 Å². The molecular weight excluding hydrogens is 180 g/mol. The minimum Gasteiger partial charge on any atom is -0.131 e. The first-order valence-corrected chi connectivity index (χ1v) is 4.11. The van der Waals surface area contributed by atoms with Crippen LogP contribution in [0.4, 0.5) is 0 Å². The monoisotopic (exact) mass is 186 g/mol. The van der Waals surface area contributed by atoms with Crippen molar-refractivity contribution in [2.75, 3.05) is 0 Å². The lowest BCUT2D eigenvalue weighted by Gasteiger charge is -2.06. The van der Waals surface area contributed by atoms with Crippen molar-refractivity contribution in [2.45, 2.75) is 6.42 Å². The Kier molecular flexibility index (Phi) is 2.77. The van der Waals surface area contributed by atoms with Crippen molar-refractivity contribution < 1.29 is 0 Å². The highest BCUT2D eigenvalue weighted by Gasteiger charge is 2.07. The molecule has 0 fully saturated rings. The Morgan fingerprint density at radius 1 is 1.60 bits per heavy atom. The van der Waals surface area contributed by atoms with Crippen LogP contribution < -0.4 is 0 Å². The minimum atomic E-state index is 0.592. The molecule has 0 aliphatic heterocycles. The van der Waals surface area contributed by atoms with Gasteiger partial charge in [-0.2, -0.15) is 0 Å². The van der Waals surface area contributed by atoms with E-state index < -0.39 is 0 Å². The SMILES string of the molecule is S=C(S)C1=CC=CCC1=S. The summed E-state index contributed by atoms with van der Waals surface area (Å²) in [6.07, 6.45) is 6.69. The Balaban J connectivity index is 2.91. The van der Waals surface area contributed by atoms with E-state index in [4.69, 9.17) is 24.4 Å². The normalized spacial score (nSPS) is 16.9. The van der Waals surface area contributed by atoms with E-state index in [0.717, 1.165) is 16.9 Å². The van der Waals surface area contributed by atoms with Gasteiger partial charge >= 0.3 is 0 Å². The average Bonchev–Trinajstić information content (AvgIpc) is 1.88. The first kappa shape index (κ1) is 8.11. The van der Waals surface area contributed by atoms with E-state index >= 15 is 0 Å². The predicted octanol–water partition coefficient (Wildman–Crippen LogP) is 2.50. The molecule has 0 spiro atoms. The van der Waals surface area contributed by atoms with E-state index in [0.29, 0.717) is 4.20 Å². The topological polar surface area (TPSA) is 0 Å². The van der Waals surface area contributed by atoms with Gasteiger partial charge in [-0.15, -0.1) is 12.6 Å². The fourth-order valence-electron chi connectivity index (χ4n) is 0.733. The van der Waals surface area contributed by atoms with E-state index in [-0.39, 0.29) is 0 Å². The lowest BCUT2D eigenvalue weighted by atomic mass is 10.1. The maximum absolute atomic E-state index is 5.05. The molecule has 0 unspecified atom stereocenters. The third-order valence-electron chi connectivity index (χ3n) is 1.23. The summed E-state index contributed by atoms with van der Waals surface area (Å²) >= 11 is 14.0. The van der Waals surface area contributed by atoms with Gasteiger partial charge in [-0.05, 0) is 0 Å². The summed E-state index contributed by atoms with van der Waals surface area (Å²) < 4.78 is 0.592. The standard InChI is InChI=1S/C7H6S3/c8-6-4-2-1-3-5(6)7(9)10/h1-3H,4H2,(H,9,10). The molecule has 0 atom stereocenters. The van der Waals surface area contributed by atoms with Crippen LogP contribution in [0.15, 0.2) is 23.8 Å². The molecule has 3 heteroatoms. The van der Waals surface area contributed by atoms with Crippen molar-refractivity contribution in [3.8, 4) is 0 Å². The molecule has 10 heavy (non-hydrogen) atoms. The van der Waals surface area contributed by atoms with Crippen LogP contribution in [0, 0.1) is 0 Å². The molecule has 52 valence electrons. The van der Waals surface area contributed by atoms with Gasteiger partial charge < -0.3 is 0 Å². The van der Waals surface area contributed by atoms with Gasteiger partial charge in [0.2, 0.25) is 0 Å². The molecule has 1 aliphatic carbocycles. The summed E-state index contributed by atoms with van der Waals surface area (Å²) in [6, 6.07) is 0. The highest BCUT2D eigenvalue weighted by molar-refractivity contribution is 8.12. The average molecular weight is 186 g/mol. The molecule has 0 bridgehead atoms. The smallest absolute Gasteiger partial charge is 0.0759 e. The van der Waals surface area contributed by atoms with Gasteiger partial charge in [0.15, 0.2) is 0 Å². The van der Waals surface area contributed by atoms with Crippen molar-refractivity contribution in [3.05, 3.63) is 23.8 Å². The van der Waals surface area contributed by atoms with E-state index in [1.165, 1.54) is 0 Å². The van der Waals surface area contributed by atoms with Crippen molar-refractivity contribution in [2.24, 2.45) is 0 Å². The van der Waals surface area contributed by atoms with Crippen molar-refractivity contribution in [1.29, 1.82) is 0 Å². The molecule has 1 rings (SSSR count). The molecule has 1 aliphatic rings. The molecule has 0 amide bonds. The van der Waals surface area contributed by atoms with Crippen LogP contribution >= 0.6 is 37.1 Å². The number of thiocarbonyl (C=S) groups is 2. The second-order valence-electron chi connectivity index (χ2n) is 1.94. The van der Waals surface area contributed by atoms with E-state index in [1.807, 2.05) is 18.2 Å². The van der Waals surface area contributed by atoms with Crippen LogP contribution in [0.2, 0.25) is 0 Å². The van der Waals surface area contributed by atoms with Gasteiger partial charge in [0.05, 0.1) is 4.20 Å². The molecule has 0 heterocycles. The van der Waals surface area contributed by atoms with E-state index in [2.05, 4.69) is 12.6 Å². The Labute approximate surface area is 76.4 Å². The number of rotatable bonds is 1. The highest BCUT2D eigenvalue weighted by atomic mass is 32.1. The Hall–Kier alpha value is 0.01000. The molecule has 0 aromatic carbocycles. The predicted molar refractivity (Wildman–Crippen MR) is 56.0 cm³/mol. The zero-order valence-corrected chi connectivity index (χ0v) is 7.73. The number of thiol groups is 1. The summed E-state index contributed by atoms with van der Waals surface area (Å²) in [5, 5.41) is 0. The molecule has 0 N–H and O–H groups in total. The van der Waals surface area contributed by atoms with Crippen LogP contribution in [-0.2, 0) is 0 Å². The fourth-order valence-corrected chi connectivity index (χ4v) is 1.54. The van der Waals surface area contributed by atoms with Gasteiger partial charge in [0, 0.05) is 16.9 Å². The molecular formula is C7H6S3. The number of hydrogen-bond acceptors (Lipinski definition) is 2. The van der Waals surface area contributed by atoms with Crippen LogP contribution in [-0.4, -0.2) is 9.06 Å². The largest absolute Gasteiger partial charge is 0.131 e. The summed E-state index contributed by atoms with van der Waals surface area (Å²) in [4.78, 5) is 0.891. The third-order valence-corrected chi connectivity index (χ3v) is 2.08. The van der Waals surface area contributed by atoms with Crippen LogP contribution in [0.3, 0.4) is 0 Å². The van der Waals surface area contributed by atoms with E-state index in [9.17, 15) is 0 Å². The number of allylic oxidation sites excluding steroid dienone is 3. The minimum absolute atomic E-state index is 0.592. The molecule has 0 aromatic heterocycles. The molecule has 0 saturated heterocycles. The van der Waals surface area contributed by atoms with Crippen molar-refractivity contribution in [3.63, 3.8) is 0 Å². The fraction of sp³-hybridized carbons (Fsp3) is 0.143. The van der Waals surface area contributed by atoms with Crippen LogP contribution in [0.25, 0.3) is 0 Å². The summed E-state index contributed by atoms with van der Waals surface area (Å²) in [7, 11) is 0. The first-order valence-electron chi connectivity index (χ1n) is 2.85. The van der Waals surface area contributed by atoms with Gasteiger partial charge in [0.1, 0.15) is 0 Å². The van der Waals surface area contributed by atoms with E-state index in [1.54, 1.807) is 0 Å². The second-order valence-corrected chi connectivity index (χ2v) is 3.59. The lowest BCUT2D eigenvalue weighted by molar-refractivity contribution is 1.49. The van der Waals surface area contributed by atoms with Crippen LogP contribution in [0.5, 0.6) is 0 Å². The third kappa shape index (κ3) is 1.75. The molecule has 0 nitrogen and oxygen atoms in total. The second kappa shape index (κ2) is 3.42. The summed E-state index contributed by atoms with van der Waals surface area (Å²) in [5.74, 6) is 0. The quantitative estimate of drug-likeness (QED) is 0.493. The van der Waals surface area contributed by atoms with Gasteiger partial charge in [0.25, 0.3) is 0 Å². The highest BCUT2D eigenvalue weighted by Crippen LogP contribution is 2.13. The van der Waals surface area contributed by atoms with Gasteiger partial charge in [-0.25, -0.2) is 0 Å². The maximum atomic E-state index is 5.05.